The van der Waals surface area contributed by atoms with Gasteiger partial charge >= 0.3 is 0 Å². The van der Waals surface area contributed by atoms with Crippen molar-refractivity contribution >= 4 is 28.6 Å². The molecule has 4 heterocycles. The topological polar surface area (TPSA) is 125 Å². The van der Waals surface area contributed by atoms with E-state index in [4.69, 9.17) is 0 Å². The third-order valence-electron chi connectivity index (χ3n) is 7.69. The van der Waals surface area contributed by atoms with Gasteiger partial charge in [-0.05, 0) is 80.8 Å². The van der Waals surface area contributed by atoms with E-state index in [0.717, 1.165) is 55.4 Å². The molecule has 4 aromatic heterocycles. The van der Waals surface area contributed by atoms with Crippen LogP contribution in [0, 0.1) is 23.2 Å². The van der Waals surface area contributed by atoms with Crippen molar-refractivity contribution in [1.29, 1.82) is 5.26 Å². The van der Waals surface area contributed by atoms with E-state index in [9.17, 15) is 14.9 Å². The van der Waals surface area contributed by atoms with Crippen LogP contribution in [0.5, 0.6) is 0 Å². The number of anilines is 2. The fourth-order valence-electron chi connectivity index (χ4n) is 5.36. The van der Waals surface area contributed by atoms with E-state index >= 15 is 0 Å². The monoisotopic (exact) mass is 519 g/mol. The predicted molar refractivity (Wildman–Crippen MR) is 146 cm³/mol. The highest BCUT2D eigenvalue weighted by Gasteiger charge is 2.32. The van der Waals surface area contributed by atoms with Crippen LogP contribution < -0.4 is 10.6 Å². The Hall–Kier alpha value is -4.58. The molecule has 6 rings (SSSR count). The molecule has 9 heteroatoms. The summed E-state index contributed by atoms with van der Waals surface area (Å²) in [5.41, 5.74) is 4.44. The van der Waals surface area contributed by atoms with Crippen molar-refractivity contribution < 1.29 is 9.59 Å². The van der Waals surface area contributed by atoms with E-state index < -0.39 is 0 Å². The van der Waals surface area contributed by atoms with E-state index in [1.807, 2.05) is 30.3 Å². The van der Waals surface area contributed by atoms with Gasteiger partial charge in [0.15, 0.2) is 0 Å². The van der Waals surface area contributed by atoms with Crippen molar-refractivity contribution in [2.24, 2.45) is 11.8 Å². The van der Waals surface area contributed by atoms with Gasteiger partial charge in [0.05, 0.1) is 51.8 Å². The molecule has 0 atom stereocenters. The number of pyridine rings is 2. The first-order chi connectivity index (χ1) is 19.1. The summed E-state index contributed by atoms with van der Waals surface area (Å²) in [6.07, 6.45) is 13.0. The first-order valence-corrected chi connectivity index (χ1v) is 13.5. The van der Waals surface area contributed by atoms with Crippen LogP contribution >= 0.6 is 0 Å². The van der Waals surface area contributed by atoms with Crippen LogP contribution in [0.15, 0.2) is 61.2 Å². The SMILES string of the molecule is N#Cc1cnn2c(-c3cc(Nc4cccnc4)c(C(=O)NC4CCC(CC(=O)C5CC5)CC4)cn3)ccc2c1. The van der Waals surface area contributed by atoms with Crippen molar-refractivity contribution in [2.75, 3.05) is 5.32 Å². The number of nitriles is 1. The molecule has 4 aromatic rings. The van der Waals surface area contributed by atoms with Crippen molar-refractivity contribution in [3.8, 4) is 17.5 Å². The van der Waals surface area contributed by atoms with Gasteiger partial charge < -0.3 is 10.6 Å². The lowest BCUT2D eigenvalue weighted by Gasteiger charge is -2.29. The molecule has 196 valence electrons. The van der Waals surface area contributed by atoms with Crippen LogP contribution in [-0.2, 0) is 4.79 Å². The Balaban J connectivity index is 1.22. The molecule has 1 amide bonds. The number of aromatic nitrogens is 4. The quantitative estimate of drug-likeness (QED) is 0.333. The molecule has 0 aromatic carbocycles. The zero-order chi connectivity index (χ0) is 26.8. The smallest absolute Gasteiger partial charge is 0.255 e. The molecule has 0 spiro atoms. The minimum absolute atomic E-state index is 0.0730. The van der Waals surface area contributed by atoms with Crippen LogP contribution in [0.2, 0.25) is 0 Å². The average molecular weight is 520 g/mol. The molecule has 2 N–H and O–H groups in total. The summed E-state index contributed by atoms with van der Waals surface area (Å²) in [5, 5.41) is 20.1. The molecular weight excluding hydrogens is 490 g/mol. The lowest BCUT2D eigenvalue weighted by atomic mass is 9.82. The highest BCUT2D eigenvalue weighted by molar-refractivity contribution is 6.00. The molecule has 0 bridgehead atoms. The number of hydrogen-bond acceptors (Lipinski definition) is 7. The maximum atomic E-state index is 13.5. The third kappa shape index (κ3) is 5.50. The molecule has 0 radical (unpaired) electrons. The van der Waals surface area contributed by atoms with Crippen LogP contribution in [0.1, 0.15) is 60.9 Å². The first-order valence-electron chi connectivity index (χ1n) is 13.5. The maximum absolute atomic E-state index is 13.5. The Bertz CT molecular complexity index is 1560. The van der Waals surface area contributed by atoms with Gasteiger partial charge in [0.2, 0.25) is 0 Å². The van der Waals surface area contributed by atoms with Gasteiger partial charge in [-0.25, -0.2) is 4.52 Å². The number of carbonyl (C=O) groups excluding carboxylic acids is 2. The van der Waals surface area contributed by atoms with Crippen molar-refractivity contribution in [3.05, 3.63) is 72.3 Å². The molecule has 2 aliphatic carbocycles. The molecule has 39 heavy (non-hydrogen) atoms. The fourth-order valence-corrected chi connectivity index (χ4v) is 5.36. The summed E-state index contributed by atoms with van der Waals surface area (Å²) in [5.74, 6) is 0.995. The van der Waals surface area contributed by atoms with E-state index in [1.165, 1.54) is 6.20 Å². The summed E-state index contributed by atoms with van der Waals surface area (Å²) in [6.45, 7) is 0. The Morgan fingerprint density at radius 3 is 2.62 bits per heavy atom. The molecule has 2 aliphatic rings. The molecule has 9 nitrogen and oxygen atoms in total. The summed E-state index contributed by atoms with van der Waals surface area (Å²) in [4.78, 5) is 34.5. The Morgan fingerprint density at radius 2 is 1.87 bits per heavy atom. The van der Waals surface area contributed by atoms with E-state index in [2.05, 4.69) is 31.8 Å². The van der Waals surface area contributed by atoms with Gasteiger partial charge in [0, 0.05) is 30.8 Å². The minimum atomic E-state index is -0.185. The van der Waals surface area contributed by atoms with Crippen molar-refractivity contribution in [3.63, 3.8) is 0 Å². The predicted octanol–water partition coefficient (Wildman–Crippen LogP) is 5.06. The maximum Gasteiger partial charge on any atom is 0.255 e. The van der Waals surface area contributed by atoms with Crippen LogP contribution in [0.25, 0.3) is 16.9 Å². The van der Waals surface area contributed by atoms with Crippen molar-refractivity contribution in [2.45, 2.75) is 51.0 Å². The van der Waals surface area contributed by atoms with Gasteiger partial charge in [-0.1, -0.05) is 0 Å². The second kappa shape index (κ2) is 10.7. The van der Waals surface area contributed by atoms with Gasteiger partial charge in [-0.3, -0.25) is 19.6 Å². The van der Waals surface area contributed by atoms with E-state index in [0.29, 0.717) is 46.5 Å². The van der Waals surface area contributed by atoms with Crippen molar-refractivity contribution in [1.82, 2.24) is 24.9 Å². The molecule has 2 saturated carbocycles. The first kappa shape index (κ1) is 24.7. The third-order valence-corrected chi connectivity index (χ3v) is 7.69. The van der Waals surface area contributed by atoms with Gasteiger partial charge in [0.1, 0.15) is 11.9 Å². The average Bonchev–Trinajstić information content (AvgIpc) is 3.74. The highest BCUT2D eigenvalue weighted by Crippen LogP contribution is 2.35. The molecule has 2 fully saturated rings. The molecule has 0 saturated heterocycles. The summed E-state index contributed by atoms with van der Waals surface area (Å²) in [7, 11) is 0. The Kier molecular flexibility index (Phi) is 6.76. The summed E-state index contributed by atoms with van der Waals surface area (Å²) in [6, 6.07) is 13.3. The highest BCUT2D eigenvalue weighted by atomic mass is 16.1. The minimum Gasteiger partial charge on any atom is -0.354 e. The number of carbonyl (C=O) groups is 2. The van der Waals surface area contributed by atoms with E-state index in [-0.39, 0.29) is 11.9 Å². The second-order valence-corrected chi connectivity index (χ2v) is 10.5. The van der Waals surface area contributed by atoms with Crippen LogP contribution in [0.3, 0.4) is 0 Å². The number of nitrogens with one attached hydrogen (secondary N) is 2. The van der Waals surface area contributed by atoms with Crippen LogP contribution in [-0.4, -0.2) is 37.3 Å². The second-order valence-electron chi connectivity index (χ2n) is 10.5. The number of amides is 1. The molecule has 0 aliphatic heterocycles. The molecule has 0 unspecified atom stereocenters. The normalized spacial score (nSPS) is 18.8. The fraction of sp³-hybridized carbons (Fsp3) is 0.333. The standard InChI is InChI=1S/C30H29N7O2/c31-15-20-12-24-9-10-28(37(24)34-16-20)27-14-26(35-23-2-1-11-32-17-23)25(18-33-27)30(39)36-22-7-3-19(4-8-22)13-29(38)21-5-6-21/h1-2,9-12,14,16-19,21-22H,3-8,13H2,(H,33,35)(H,36,39). The summed E-state index contributed by atoms with van der Waals surface area (Å²) >= 11 is 0. The number of nitrogens with zero attached hydrogens (tertiary/aromatic N) is 5. The number of ketones is 1. The van der Waals surface area contributed by atoms with Crippen LogP contribution in [0.4, 0.5) is 11.4 Å². The van der Waals surface area contributed by atoms with E-state index in [1.54, 1.807) is 29.2 Å². The van der Waals surface area contributed by atoms with Gasteiger partial charge in [-0.2, -0.15) is 10.4 Å². The number of fused-ring (bicyclic) bond motifs is 1. The lowest BCUT2D eigenvalue weighted by molar-refractivity contribution is -0.121. The number of Topliss-reactive ketones (excluding diaryl/α,β-unsaturated/α-hetero) is 1. The zero-order valence-corrected chi connectivity index (χ0v) is 21.5. The molecular formula is C30H29N7O2. The number of hydrogen-bond donors (Lipinski definition) is 2. The summed E-state index contributed by atoms with van der Waals surface area (Å²) < 4.78 is 1.73. The zero-order valence-electron chi connectivity index (χ0n) is 21.5. The lowest BCUT2D eigenvalue weighted by Crippen LogP contribution is -2.38. The largest absolute Gasteiger partial charge is 0.354 e. The van der Waals surface area contributed by atoms with Gasteiger partial charge in [-0.15, -0.1) is 0 Å². The number of rotatable bonds is 8. The van der Waals surface area contributed by atoms with Gasteiger partial charge in [0.25, 0.3) is 5.91 Å². The Morgan fingerprint density at radius 1 is 1.03 bits per heavy atom. The Labute approximate surface area is 226 Å².